The van der Waals surface area contributed by atoms with Gasteiger partial charge in [-0.15, -0.1) is 0 Å². The van der Waals surface area contributed by atoms with Gasteiger partial charge in [0.05, 0.1) is 11.6 Å². The maximum Gasteiger partial charge on any atom is 0.391 e. The molecule has 1 saturated carbocycles. The zero-order valence-corrected chi connectivity index (χ0v) is 10.8. The fourth-order valence-electron chi connectivity index (χ4n) is 2.93. The van der Waals surface area contributed by atoms with Gasteiger partial charge < -0.3 is 0 Å². The maximum absolute atomic E-state index is 12.7. The molecule has 0 unspecified atom stereocenters. The smallest absolute Gasteiger partial charge is 0.240 e. The van der Waals surface area contributed by atoms with Crippen LogP contribution in [0.4, 0.5) is 13.2 Å². The van der Waals surface area contributed by atoms with Crippen molar-refractivity contribution in [2.45, 2.75) is 37.8 Å². The Bertz CT molecular complexity index is 599. The Hall–Kier alpha value is -1.72. The Morgan fingerprint density at radius 1 is 1.00 bits per heavy atom. The second-order valence-electron chi connectivity index (χ2n) is 5.22. The molecule has 106 valence electrons. The highest BCUT2D eigenvalue weighted by molar-refractivity contribution is 5.77. The van der Waals surface area contributed by atoms with E-state index in [1.807, 2.05) is 6.07 Å². The van der Waals surface area contributed by atoms with E-state index in [0.717, 1.165) is 11.1 Å². The highest BCUT2D eigenvalue weighted by atomic mass is 19.4. The molecule has 3 rings (SSSR count). The first kappa shape index (κ1) is 13.3. The largest absolute Gasteiger partial charge is 0.391 e. The van der Waals surface area contributed by atoms with Gasteiger partial charge in [0.25, 0.3) is 0 Å². The Balaban J connectivity index is 1.84. The Morgan fingerprint density at radius 3 is 2.45 bits per heavy atom. The summed E-state index contributed by atoms with van der Waals surface area (Å²) in [6.07, 6.45) is 0.427. The molecule has 1 aliphatic rings. The van der Waals surface area contributed by atoms with Crippen LogP contribution in [0.25, 0.3) is 11.0 Å². The highest BCUT2D eigenvalue weighted by Crippen LogP contribution is 2.43. The van der Waals surface area contributed by atoms with E-state index in [2.05, 4.69) is 15.0 Å². The zero-order chi connectivity index (χ0) is 14.2. The monoisotopic (exact) mass is 281 g/mol. The summed E-state index contributed by atoms with van der Waals surface area (Å²) in [6, 6.07) is 3.68. The zero-order valence-electron chi connectivity index (χ0n) is 10.8. The van der Waals surface area contributed by atoms with Crippen molar-refractivity contribution in [3.05, 3.63) is 30.4 Å². The minimum Gasteiger partial charge on any atom is -0.240 e. The van der Waals surface area contributed by atoms with Gasteiger partial charge >= 0.3 is 6.18 Å². The van der Waals surface area contributed by atoms with E-state index in [1.165, 1.54) is 6.33 Å². The number of nitrogens with zero attached hydrogens (tertiary/aromatic N) is 3. The molecule has 0 spiro atoms. The van der Waals surface area contributed by atoms with Gasteiger partial charge in [0.15, 0.2) is 5.65 Å². The average Bonchev–Trinajstić information content (AvgIpc) is 2.46. The number of rotatable bonds is 1. The lowest BCUT2D eigenvalue weighted by molar-refractivity contribution is -0.182. The first-order valence-electron chi connectivity index (χ1n) is 6.68. The molecule has 20 heavy (non-hydrogen) atoms. The van der Waals surface area contributed by atoms with Crippen molar-refractivity contribution in [2.75, 3.05) is 0 Å². The molecule has 2 heterocycles. The van der Waals surface area contributed by atoms with Crippen molar-refractivity contribution in [1.29, 1.82) is 0 Å². The molecule has 0 radical (unpaired) electrons. The normalized spacial score (nSPS) is 23.9. The summed E-state index contributed by atoms with van der Waals surface area (Å²) in [4.78, 5) is 12.5. The van der Waals surface area contributed by atoms with Crippen LogP contribution in [0.1, 0.15) is 37.3 Å². The first-order valence-corrected chi connectivity index (χ1v) is 6.68. The third-order valence-corrected chi connectivity index (χ3v) is 4.02. The molecule has 2 aromatic heterocycles. The molecule has 3 nitrogen and oxygen atoms in total. The topological polar surface area (TPSA) is 38.7 Å². The number of halogens is 3. The van der Waals surface area contributed by atoms with E-state index in [0.29, 0.717) is 18.5 Å². The lowest BCUT2D eigenvalue weighted by Crippen LogP contribution is -2.27. The second-order valence-corrected chi connectivity index (χ2v) is 5.22. The molecule has 0 aromatic carbocycles. The lowest BCUT2D eigenvalue weighted by atomic mass is 9.79. The quantitative estimate of drug-likeness (QED) is 0.796. The summed E-state index contributed by atoms with van der Waals surface area (Å²) < 4.78 is 38.1. The molecule has 0 amide bonds. The molecule has 1 fully saturated rings. The number of hydrogen-bond acceptors (Lipinski definition) is 3. The summed E-state index contributed by atoms with van der Waals surface area (Å²) in [5.41, 5.74) is 1.44. The first-order chi connectivity index (χ1) is 9.55. The van der Waals surface area contributed by atoms with Crippen LogP contribution in [-0.4, -0.2) is 21.1 Å². The molecule has 0 bridgehead atoms. The van der Waals surface area contributed by atoms with Crippen LogP contribution in [0.15, 0.2) is 24.7 Å². The minimum atomic E-state index is -4.07. The fraction of sp³-hybridized carbons (Fsp3) is 0.500. The van der Waals surface area contributed by atoms with Crippen LogP contribution in [0.3, 0.4) is 0 Å². The van der Waals surface area contributed by atoms with Gasteiger partial charge in [-0.05, 0) is 37.8 Å². The van der Waals surface area contributed by atoms with Crippen LogP contribution in [0.5, 0.6) is 0 Å². The summed E-state index contributed by atoms with van der Waals surface area (Å²) in [5.74, 6) is -1.09. The predicted octanol–water partition coefficient (Wildman–Crippen LogP) is 3.86. The number of pyridine rings is 1. The van der Waals surface area contributed by atoms with E-state index in [9.17, 15) is 13.2 Å². The SMILES string of the molecule is FC(F)(F)[C@H]1CC[C@@H](c2ncnc3ncccc32)CC1. The second kappa shape index (κ2) is 5.00. The van der Waals surface area contributed by atoms with Crippen molar-refractivity contribution < 1.29 is 13.2 Å². The van der Waals surface area contributed by atoms with Gasteiger partial charge in [-0.2, -0.15) is 13.2 Å². The van der Waals surface area contributed by atoms with E-state index in [4.69, 9.17) is 0 Å². The van der Waals surface area contributed by atoms with Gasteiger partial charge in [0.2, 0.25) is 0 Å². The standard InChI is InChI=1S/C14H14F3N3/c15-14(16,17)10-5-3-9(4-6-10)12-11-2-1-7-18-13(11)20-8-19-12/h1-2,7-10H,3-6H2/t9-,10+. The molecule has 1 aliphatic carbocycles. The predicted molar refractivity (Wildman–Crippen MR) is 68.1 cm³/mol. The maximum atomic E-state index is 12.7. The van der Waals surface area contributed by atoms with Crippen LogP contribution in [-0.2, 0) is 0 Å². The highest BCUT2D eigenvalue weighted by Gasteiger charge is 2.41. The number of fused-ring (bicyclic) bond motifs is 1. The Kier molecular flexibility index (Phi) is 3.31. The number of hydrogen-bond donors (Lipinski definition) is 0. The summed E-state index contributed by atoms with van der Waals surface area (Å²) in [6.45, 7) is 0. The molecule has 0 N–H and O–H groups in total. The molecular formula is C14H14F3N3. The average molecular weight is 281 g/mol. The van der Waals surface area contributed by atoms with Crippen LogP contribution >= 0.6 is 0 Å². The summed E-state index contributed by atoms with van der Waals surface area (Å²) >= 11 is 0. The van der Waals surface area contributed by atoms with Gasteiger partial charge in [-0.3, -0.25) is 0 Å². The van der Waals surface area contributed by atoms with Crippen LogP contribution in [0, 0.1) is 5.92 Å². The van der Waals surface area contributed by atoms with Gasteiger partial charge in [0, 0.05) is 17.5 Å². The van der Waals surface area contributed by atoms with Crippen LogP contribution in [0.2, 0.25) is 0 Å². The van der Waals surface area contributed by atoms with Crippen molar-refractivity contribution in [2.24, 2.45) is 5.92 Å². The fourth-order valence-corrected chi connectivity index (χ4v) is 2.93. The van der Waals surface area contributed by atoms with E-state index >= 15 is 0 Å². The number of aromatic nitrogens is 3. The molecule has 0 atom stereocenters. The third kappa shape index (κ3) is 2.46. The molecule has 2 aromatic rings. The van der Waals surface area contributed by atoms with E-state index < -0.39 is 12.1 Å². The van der Waals surface area contributed by atoms with Gasteiger partial charge in [0.1, 0.15) is 6.33 Å². The van der Waals surface area contributed by atoms with Gasteiger partial charge in [-0.1, -0.05) is 0 Å². The Labute approximate surface area is 114 Å². The minimum absolute atomic E-state index is 0.0725. The van der Waals surface area contributed by atoms with Crippen molar-refractivity contribution in [3.63, 3.8) is 0 Å². The van der Waals surface area contributed by atoms with Gasteiger partial charge in [-0.25, -0.2) is 15.0 Å². The molecule has 0 saturated heterocycles. The number of alkyl halides is 3. The van der Waals surface area contributed by atoms with E-state index in [-0.39, 0.29) is 18.8 Å². The molecule has 6 heteroatoms. The molecule has 0 aliphatic heterocycles. The summed E-state index contributed by atoms with van der Waals surface area (Å²) in [5, 5.41) is 0.852. The third-order valence-electron chi connectivity index (χ3n) is 4.02. The summed E-state index contributed by atoms with van der Waals surface area (Å²) in [7, 11) is 0. The van der Waals surface area contributed by atoms with Crippen molar-refractivity contribution in [1.82, 2.24) is 15.0 Å². The van der Waals surface area contributed by atoms with Crippen molar-refractivity contribution >= 4 is 11.0 Å². The van der Waals surface area contributed by atoms with E-state index in [1.54, 1.807) is 12.3 Å². The van der Waals surface area contributed by atoms with Crippen molar-refractivity contribution in [3.8, 4) is 0 Å². The van der Waals surface area contributed by atoms with Crippen LogP contribution < -0.4 is 0 Å². The Morgan fingerprint density at radius 2 is 1.75 bits per heavy atom. The lowest BCUT2D eigenvalue weighted by Gasteiger charge is -2.29. The molecular weight excluding hydrogens is 267 g/mol.